The molecule has 0 aromatic heterocycles. The van der Waals surface area contributed by atoms with Gasteiger partial charge in [-0.1, -0.05) is 6.42 Å². The van der Waals surface area contributed by atoms with E-state index < -0.39 is 15.8 Å². The van der Waals surface area contributed by atoms with Gasteiger partial charge in [0, 0.05) is 32.1 Å². The van der Waals surface area contributed by atoms with Crippen LogP contribution in [0.4, 0.5) is 4.39 Å². The molecule has 1 amide bonds. The highest BCUT2D eigenvalue weighted by atomic mass is 32.2. The third-order valence-corrected chi connectivity index (χ3v) is 6.66. The van der Waals surface area contributed by atoms with Crippen molar-refractivity contribution in [3.63, 3.8) is 0 Å². The first-order valence-electron chi connectivity index (χ1n) is 8.06. The Bertz CT molecular complexity index is 726. The maximum Gasteiger partial charge on any atom is 0.243 e. The van der Waals surface area contributed by atoms with Gasteiger partial charge in [-0.3, -0.25) is 4.79 Å². The highest BCUT2D eigenvalue weighted by Crippen LogP contribution is 2.29. The molecule has 1 saturated carbocycles. The summed E-state index contributed by atoms with van der Waals surface area (Å²) in [7, 11) is -2.45. The molecule has 1 aromatic rings. The first-order valence-corrected chi connectivity index (χ1v) is 9.50. The van der Waals surface area contributed by atoms with Crippen LogP contribution in [0.15, 0.2) is 23.1 Å². The lowest BCUT2D eigenvalue weighted by Crippen LogP contribution is -2.52. The van der Waals surface area contributed by atoms with Crippen molar-refractivity contribution in [2.45, 2.75) is 24.2 Å². The van der Waals surface area contributed by atoms with E-state index in [9.17, 15) is 17.6 Å². The van der Waals surface area contributed by atoms with Crippen LogP contribution in [0.2, 0.25) is 0 Å². The summed E-state index contributed by atoms with van der Waals surface area (Å²) >= 11 is 0. The van der Waals surface area contributed by atoms with E-state index in [1.54, 1.807) is 4.90 Å². The first kappa shape index (κ1) is 17.2. The van der Waals surface area contributed by atoms with Crippen LogP contribution in [-0.2, 0) is 14.8 Å². The van der Waals surface area contributed by atoms with Crippen LogP contribution in [0.5, 0.6) is 5.75 Å². The number of carbonyl (C=O) groups excluding carboxylic acids is 1. The molecule has 1 saturated heterocycles. The van der Waals surface area contributed by atoms with Gasteiger partial charge in [-0.2, -0.15) is 4.31 Å². The molecule has 0 unspecified atom stereocenters. The molecule has 0 radical (unpaired) electrons. The second kappa shape index (κ2) is 6.68. The van der Waals surface area contributed by atoms with E-state index in [4.69, 9.17) is 4.74 Å². The monoisotopic (exact) mass is 356 g/mol. The summed E-state index contributed by atoms with van der Waals surface area (Å²) < 4.78 is 45.2. The molecular weight excluding hydrogens is 335 g/mol. The zero-order valence-electron chi connectivity index (χ0n) is 13.6. The fourth-order valence-corrected chi connectivity index (χ4v) is 4.45. The Balaban J connectivity index is 1.68. The molecule has 0 bridgehead atoms. The minimum atomic E-state index is -3.77. The minimum absolute atomic E-state index is 0.00450. The number of amides is 1. The molecule has 0 N–H and O–H groups in total. The SMILES string of the molecule is COc1ccc(S(=O)(=O)N2CCN(C(=O)C3CCC3)CC2)cc1F. The molecule has 1 aliphatic carbocycles. The van der Waals surface area contributed by atoms with Gasteiger partial charge in [0.25, 0.3) is 0 Å². The summed E-state index contributed by atoms with van der Waals surface area (Å²) in [5.74, 6) is -0.458. The number of carbonyl (C=O) groups is 1. The Labute approximate surface area is 141 Å². The van der Waals surface area contributed by atoms with Crippen LogP contribution in [0.1, 0.15) is 19.3 Å². The van der Waals surface area contributed by atoms with Crippen molar-refractivity contribution in [1.29, 1.82) is 0 Å². The second-order valence-corrected chi connectivity index (χ2v) is 8.09. The van der Waals surface area contributed by atoms with E-state index in [1.807, 2.05) is 0 Å². The van der Waals surface area contributed by atoms with E-state index in [-0.39, 0.29) is 35.6 Å². The van der Waals surface area contributed by atoms with Gasteiger partial charge in [-0.25, -0.2) is 12.8 Å². The standard InChI is InChI=1S/C16H21FN2O4S/c1-23-15-6-5-13(11-14(15)17)24(21,22)19-9-7-18(8-10-19)16(20)12-3-2-4-12/h5-6,11-12H,2-4,7-10H2,1H3. The van der Waals surface area contributed by atoms with Crippen molar-refractivity contribution >= 4 is 15.9 Å². The zero-order valence-corrected chi connectivity index (χ0v) is 14.4. The smallest absolute Gasteiger partial charge is 0.243 e. The Morgan fingerprint density at radius 1 is 1.21 bits per heavy atom. The number of methoxy groups -OCH3 is 1. The fraction of sp³-hybridized carbons (Fsp3) is 0.562. The van der Waals surface area contributed by atoms with Gasteiger partial charge in [-0.15, -0.1) is 0 Å². The summed E-state index contributed by atoms with van der Waals surface area (Å²) in [4.78, 5) is 13.9. The lowest BCUT2D eigenvalue weighted by atomic mass is 9.84. The Kier molecular flexibility index (Phi) is 4.78. The number of ether oxygens (including phenoxy) is 1. The molecule has 0 spiro atoms. The van der Waals surface area contributed by atoms with Gasteiger partial charge in [0.05, 0.1) is 12.0 Å². The normalized spacial score (nSPS) is 19.8. The summed E-state index contributed by atoms with van der Waals surface area (Å²) in [6.45, 7) is 1.23. The van der Waals surface area contributed by atoms with Crippen LogP contribution < -0.4 is 4.74 Å². The first-order chi connectivity index (χ1) is 11.4. The molecule has 6 nitrogen and oxygen atoms in total. The molecule has 0 atom stereocenters. The van der Waals surface area contributed by atoms with Crippen LogP contribution >= 0.6 is 0 Å². The minimum Gasteiger partial charge on any atom is -0.494 e. The van der Waals surface area contributed by atoms with Crippen LogP contribution in [0, 0.1) is 11.7 Å². The van der Waals surface area contributed by atoms with Gasteiger partial charge < -0.3 is 9.64 Å². The Morgan fingerprint density at radius 2 is 1.88 bits per heavy atom. The number of rotatable bonds is 4. The lowest BCUT2D eigenvalue weighted by molar-refractivity contribution is -0.139. The molecule has 1 aliphatic heterocycles. The lowest BCUT2D eigenvalue weighted by Gasteiger charge is -2.37. The van der Waals surface area contributed by atoms with E-state index in [0.717, 1.165) is 25.3 Å². The summed E-state index contributed by atoms with van der Waals surface area (Å²) in [5, 5.41) is 0. The quantitative estimate of drug-likeness (QED) is 0.819. The van der Waals surface area contributed by atoms with Crippen molar-refractivity contribution in [2.75, 3.05) is 33.3 Å². The number of halogens is 1. The molecule has 24 heavy (non-hydrogen) atoms. The molecule has 1 heterocycles. The topological polar surface area (TPSA) is 66.9 Å². The summed E-state index contributed by atoms with van der Waals surface area (Å²) in [6, 6.07) is 3.61. The van der Waals surface area contributed by atoms with Crippen molar-refractivity contribution in [2.24, 2.45) is 5.92 Å². The van der Waals surface area contributed by atoms with Crippen LogP contribution in [-0.4, -0.2) is 56.8 Å². The molecule has 3 rings (SSSR count). The number of sulfonamides is 1. The second-order valence-electron chi connectivity index (χ2n) is 6.15. The average molecular weight is 356 g/mol. The number of benzene rings is 1. The molecule has 8 heteroatoms. The third kappa shape index (κ3) is 3.12. The number of piperazine rings is 1. The maximum absolute atomic E-state index is 13.8. The molecular formula is C16H21FN2O4S. The van der Waals surface area contributed by atoms with Crippen LogP contribution in [0.25, 0.3) is 0 Å². The Morgan fingerprint density at radius 3 is 2.38 bits per heavy atom. The van der Waals surface area contributed by atoms with Crippen molar-refractivity contribution in [1.82, 2.24) is 9.21 Å². The van der Waals surface area contributed by atoms with Crippen molar-refractivity contribution < 1.29 is 22.3 Å². The summed E-state index contributed by atoms with van der Waals surface area (Å²) in [5.41, 5.74) is 0. The van der Waals surface area contributed by atoms with E-state index in [1.165, 1.54) is 23.5 Å². The molecule has 132 valence electrons. The number of nitrogens with zero attached hydrogens (tertiary/aromatic N) is 2. The van der Waals surface area contributed by atoms with E-state index in [2.05, 4.69) is 0 Å². The van der Waals surface area contributed by atoms with Gasteiger partial charge in [0.2, 0.25) is 15.9 Å². The third-order valence-electron chi connectivity index (χ3n) is 4.77. The van der Waals surface area contributed by atoms with Crippen molar-refractivity contribution in [3.8, 4) is 5.75 Å². The summed E-state index contributed by atoms with van der Waals surface area (Å²) in [6.07, 6.45) is 2.96. The van der Waals surface area contributed by atoms with Gasteiger partial charge in [0.1, 0.15) is 0 Å². The molecule has 1 aromatic carbocycles. The predicted octanol–water partition coefficient (Wildman–Crippen LogP) is 1.47. The molecule has 2 fully saturated rings. The highest BCUT2D eigenvalue weighted by Gasteiger charge is 2.34. The number of hydrogen-bond donors (Lipinski definition) is 0. The molecule has 2 aliphatic rings. The van der Waals surface area contributed by atoms with Crippen molar-refractivity contribution in [3.05, 3.63) is 24.0 Å². The van der Waals surface area contributed by atoms with Gasteiger partial charge in [-0.05, 0) is 31.0 Å². The van der Waals surface area contributed by atoms with E-state index in [0.29, 0.717) is 13.1 Å². The average Bonchev–Trinajstić information content (AvgIpc) is 2.53. The predicted molar refractivity (Wildman–Crippen MR) is 85.6 cm³/mol. The number of hydrogen-bond acceptors (Lipinski definition) is 4. The highest BCUT2D eigenvalue weighted by molar-refractivity contribution is 7.89. The largest absolute Gasteiger partial charge is 0.494 e. The van der Waals surface area contributed by atoms with Crippen LogP contribution in [0.3, 0.4) is 0 Å². The zero-order chi connectivity index (χ0) is 17.3. The maximum atomic E-state index is 13.8. The fourth-order valence-electron chi connectivity index (χ4n) is 3.02. The Hall–Kier alpha value is -1.67. The van der Waals surface area contributed by atoms with Gasteiger partial charge >= 0.3 is 0 Å². The van der Waals surface area contributed by atoms with E-state index >= 15 is 0 Å². The van der Waals surface area contributed by atoms with Gasteiger partial charge in [0.15, 0.2) is 11.6 Å².